The van der Waals surface area contributed by atoms with Crippen molar-refractivity contribution in [3.05, 3.63) is 53.3 Å². The Morgan fingerprint density at radius 1 is 1.04 bits per heavy atom. The van der Waals surface area contributed by atoms with E-state index in [9.17, 15) is 9.59 Å². The first kappa shape index (κ1) is 17.3. The van der Waals surface area contributed by atoms with Crippen LogP contribution in [0, 0.1) is 13.8 Å². The Labute approximate surface area is 157 Å². The van der Waals surface area contributed by atoms with Crippen molar-refractivity contribution in [3.8, 4) is 0 Å². The van der Waals surface area contributed by atoms with Gasteiger partial charge in [0, 0.05) is 19.8 Å². The molecule has 0 aliphatic carbocycles. The molecule has 2 aliphatic rings. The van der Waals surface area contributed by atoms with E-state index in [-0.39, 0.29) is 18.5 Å². The van der Waals surface area contributed by atoms with Gasteiger partial charge >= 0.3 is 6.03 Å². The summed E-state index contributed by atoms with van der Waals surface area (Å²) in [7, 11) is 3.51. The lowest BCUT2D eigenvalue weighted by Gasteiger charge is -2.40. The number of nitrogens with zero attached hydrogens (tertiary/aromatic N) is 6. The highest BCUT2D eigenvalue weighted by Crippen LogP contribution is 2.28. The van der Waals surface area contributed by atoms with Gasteiger partial charge in [0.2, 0.25) is 5.96 Å². The summed E-state index contributed by atoms with van der Waals surface area (Å²) in [6.07, 6.45) is -0.555. The zero-order valence-electron chi connectivity index (χ0n) is 15.8. The first-order chi connectivity index (χ1) is 12.9. The molecule has 3 amide bonds. The zero-order valence-corrected chi connectivity index (χ0v) is 15.8. The first-order valence-electron chi connectivity index (χ1n) is 8.85. The second kappa shape index (κ2) is 6.22. The van der Waals surface area contributed by atoms with Crippen molar-refractivity contribution in [1.82, 2.24) is 24.5 Å². The van der Waals surface area contributed by atoms with E-state index in [1.807, 2.05) is 62.2 Å². The number of benzene rings is 1. The zero-order chi connectivity index (χ0) is 19.3. The number of aliphatic imine (C=N–C) groups is 1. The maximum absolute atomic E-state index is 13.2. The molecule has 1 aromatic carbocycles. The minimum absolute atomic E-state index is 0.241. The number of likely N-dealkylation sites (N-methyl/N-ethyl adjacent to an activating group) is 2. The van der Waals surface area contributed by atoms with Gasteiger partial charge in [-0.1, -0.05) is 30.3 Å². The van der Waals surface area contributed by atoms with Crippen molar-refractivity contribution in [1.29, 1.82) is 0 Å². The van der Waals surface area contributed by atoms with E-state index in [0.717, 1.165) is 17.0 Å². The molecule has 8 nitrogen and oxygen atoms in total. The van der Waals surface area contributed by atoms with Crippen LogP contribution in [0.25, 0.3) is 0 Å². The summed E-state index contributed by atoms with van der Waals surface area (Å²) in [6, 6.07) is 10.6. The SMILES string of the molecule is Cc1cc(C)n(C2=NC3C(C(=O)N(Cc4ccccc4)C(=O)N3C)N2C)n1. The Morgan fingerprint density at radius 2 is 1.74 bits per heavy atom. The molecule has 0 bridgehead atoms. The van der Waals surface area contributed by atoms with E-state index in [4.69, 9.17) is 0 Å². The molecule has 0 saturated carbocycles. The van der Waals surface area contributed by atoms with Gasteiger partial charge in [-0.05, 0) is 25.5 Å². The van der Waals surface area contributed by atoms with Crippen LogP contribution in [0.4, 0.5) is 4.79 Å². The topological polar surface area (TPSA) is 74.0 Å². The average molecular weight is 366 g/mol. The maximum Gasteiger partial charge on any atom is 0.328 e. The second-order valence-corrected chi connectivity index (χ2v) is 7.04. The number of aromatic nitrogens is 2. The molecule has 2 aliphatic heterocycles. The van der Waals surface area contributed by atoms with Gasteiger partial charge in [0.1, 0.15) is 0 Å². The van der Waals surface area contributed by atoms with Crippen LogP contribution < -0.4 is 0 Å². The summed E-state index contributed by atoms with van der Waals surface area (Å²) in [5.74, 6) is 0.333. The summed E-state index contributed by atoms with van der Waals surface area (Å²) >= 11 is 0. The predicted molar refractivity (Wildman–Crippen MR) is 100 cm³/mol. The van der Waals surface area contributed by atoms with Crippen LogP contribution in [0.2, 0.25) is 0 Å². The first-order valence-corrected chi connectivity index (χ1v) is 8.85. The normalized spacial score (nSPS) is 22.4. The summed E-state index contributed by atoms with van der Waals surface area (Å²) in [6.45, 7) is 4.10. The van der Waals surface area contributed by atoms with Gasteiger partial charge in [-0.3, -0.25) is 9.69 Å². The molecule has 0 spiro atoms. The lowest BCUT2D eigenvalue weighted by molar-refractivity contribution is -0.137. The van der Waals surface area contributed by atoms with E-state index in [0.29, 0.717) is 5.96 Å². The van der Waals surface area contributed by atoms with Gasteiger partial charge < -0.3 is 9.80 Å². The minimum atomic E-state index is -0.560. The third-order valence-electron chi connectivity index (χ3n) is 5.09. The highest BCUT2D eigenvalue weighted by atomic mass is 16.2. The van der Waals surface area contributed by atoms with Crippen molar-refractivity contribution >= 4 is 17.9 Å². The number of amides is 3. The summed E-state index contributed by atoms with van der Waals surface area (Å²) in [5.41, 5.74) is 2.71. The Morgan fingerprint density at radius 3 is 2.37 bits per heavy atom. The minimum Gasteiger partial charge on any atom is -0.328 e. The number of fused-ring (bicyclic) bond motifs is 1. The molecule has 3 heterocycles. The van der Waals surface area contributed by atoms with Gasteiger partial charge in [0.25, 0.3) is 5.91 Å². The van der Waals surface area contributed by atoms with Gasteiger partial charge in [-0.2, -0.15) is 5.10 Å². The summed E-state index contributed by atoms with van der Waals surface area (Å²) in [5, 5.41) is 4.47. The predicted octanol–water partition coefficient (Wildman–Crippen LogP) is 1.44. The van der Waals surface area contributed by atoms with Gasteiger partial charge in [-0.25, -0.2) is 14.5 Å². The smallest absolute Gasteiger partial charge is 0.328 e. The van der Waals surface area contributed by atoms with Crippen LogP contribution in [0.5, 0.6) is 0 Å². The van der Waals surface area contributed by atoms with Crippen LogP contribution in [0.3, 0.4) is 0 Å². The fraction of sp³-hybridized carbons (Fsp3) is 0.368. The molecule has 2 unspecified atom stereocenters. The molecule has 1 fully saturated rings. The molecule has 140 valence electrons. The van der Waals surface area contributed by atoms with Crippen molar-refractivity contribution in [2.75, 3.05) is 14.1 Å². The van der Waals surface area contributed by atoms with Crippen molar-refractivity contribution in [3.63, 3.8) is 0 Å². The lowest BCUT2D eigenvalue weighted by atomic mass is 10.1. The fourth-order valence-electron chi connectivity index (χ4n) is 3.70. The molecule has 27 heavy (non-hydrogen) atoms. The van der Waals surface area contributed by atoms with Crippen LogP contribution >= 0.6 is 0 Å². The van der Waals surface area contributed by atoms with E-state index in [1.54, 1.807) is 11.7 Å². The second-order valence-electron chi connectivity index (χ2n) is 7.04. The molecular formula is C19H22N6O2. The van der Waals surface area contributed by atoms with Gasteiger partial charge in [-0.15, -0.1) is 0 Å². The van der Waals surface area contributed by atoms with Crippen LogP contribution in [0.15, 0.2) is 41.4 Å². The third-order valence-corrected chi connectivity index (χ3v) is 5.09. The Hall–Kier alpha value is -3.16. The third kappa shape index (κ3) is 2.68. The van der Waals surface area contributed by atoms with Crippen molar-refractivity contribution < 1.29 is 9.59 Å². The summed E-state index contributed by atoms with van der Waals surface area (Å²) in [4.78, 5) is 35.3. The number of hydrogen-bond donors (Lipinski definition) is 0. The molecule has 1 saturated heterocycles. The van der Waals surface area contributed by atoms with Crippen LogP contribution in [0.1, 0.15) is 17.0 Å². The van der Waals surface area contributed by atoms with Gasteiger partial charge in [0.15, 0.2) is 12.2 Å². The van der Waals surface area contributed by atoms with E-state index < -0.39 is 12.2 Å². The Bertz CT molecular complexity index is 935. The Balaban J connectivity index is 1.67. The highest BCUT2D eigenvalue weighted by molar-refractivity contribution is 6.03. The molecule has 0 N–H and O–H groups in total. The van der Waals surface area contributed by atoms with E-state index >= 15 is 0 Å². The molecule has 4 rings (SSSR count). The number of urea groups is 1. The fourth-order valence-corrected chi connectivity index (χ4v) is 3.70. The van der Waals surface area contributed by atoms with Gasteiger partial charge in [0.05, 0.1) is 12.2 Å². The maximum atomic E-state index is 13.2. The molecule has 2 aromatic rings. The van der Waals surface area contributed by atoms with Crippen molar-refractivity contribution in [2.45, 2.75) is 32.6 Å². The largest absolute Gasteiger partial charge is 0.328 e. The molecule has 8 heteroatoms. The Kier molecular flexibility index (Phi) is 3.98. The molecule has 1 aromatic heterocycles. The van der Waals surface area contributed by atoms with Crippen LogP contribution in [-0.2, 0) is 11.3 Å². The van der Waals surface area contributed by atoms with E-state index in [1.165, 1.54) is 9.80 Å². The average Bonchev–Trinajstić information content (AvgIpc) is 3.16. The number of carbonyl (C=O) groups excluding carboxylic acids is 2. The monoisotopic (exact) mass is 366 g/mol. The van der Waals surface area contributed by atoms with Crippen molar-refractivity contribution in [2.24, 2.45) is 4.99 Å². The lowest BCUT2D eigenvalue weighted by Crippen LogP contribution is -2.64. The quantitative estimate of drug-likeness (QED) is 0.806. The number of imide groups is 1. The van der Waals surface area contributed by atoms with E-state index in [2.05, 4.69) is 10.1 Å². The number of aryl methyl sites for hydroxylation is 2. The standard InChI is InChI=1S/C19H22N6O2/c1-12-10-13(2)25(21-12)18-20-16-15(22(18)3)17(26)24(19(27)23(16)4)11-14-8-6-5-7-9-14/h5-10,15-16H,11H2,1-4H3. The molecule has 0 radical (unpaired) electrons. The summed E-state index contributed by atoms with van der Waals surface area (Å²) < 4.78 is 1.72. The number of hydrogen-bond acceptors (Lipinski definition) is 5. The molecular weight excluding hydrogens is 344 g/mol. The molecule has 2 atom stereocenters. The van der Waals surface area contributed by atoms with Crippen LogP contribution in [-0.4, -0.2) is 68.7 Å². The number of carbonyl (C=O) groups is 2. The number of rotatable bonds is 2. The highest BCUT2D eigenvalue weighted by Gasteiger charge is 2.51.